The quantitative estimate of drug-likeness (QED) is 0.495. The summed E-state index contributed by atoms with van der Waals surface area (Å²) in [5.74, 6) is 2.84. The first kappa shape index (κ1) is 18.2. The number of nitrogens with zero attached hydrogens (tertiary/aromatic N) is 2. The Morgan fingerprint density at radius 2 is 1.89 bits per heavy atom. The predicted octanol–water partition coefficient (Wildman–Crippen LogP) is 3.51. The van der Waals surface area contributed by atoms with Crippen LogP contribution in [0.5, 0.6) is 0 Å². The van der Waals surface area contributed by atoms with Gasteiger partial charge in [-0.2, -0.15) is 0 Å². The van der Waals surface area contributed by atoms with Crippen LogP contribution in [0.15, 0.2) is 6.20 Å². The molecular formula is C22H31FmN2O2-. The Kier molecular flexibility index (Phi) is 3.67. The van der Waals surface area contributed by atoms with Crippen molar-refractivity contribution in [2.45, 2.75) is 77.7 Å². The summed E-state index contributed by atoms with van der Waals surface area (Å²) in [6.45, 7) is 6.95. The van der Waals surface area contributed by atoms with Gasteiger partial charge in [0.15, 0.2) is 0 Å². The number of fused-ring (bicyclic) bond motifs is 6. The summed E-state index contributed by atoms with van der Waals surface area (Å²) in [5.41, 5.74) is 2.29. The van der Waals surface area contributed by atoms with Crippen molar-refractivity contribution in [1.29, 1.82) is 0 Å². The molecule has 154 valence electrons. The molecule has 0 aliphatic heterocycles. The van der Waals surface area contributed by atoms with Crippen molar-refractivity contribution in [3.05, 3.63) is 17.5 Å². The Balaban J connectivity index is 0.00000180. The van der Waals surface area contributed by atoms with Crippen LogP contribution in [0.3, 0.4) is 0 Å². The van der Waals surface area contributed by atoms with E-state index in [2.05, 4.69) is 25.9 Å². The molecule has 0 spiro atoms. The molecule has 0 bridgehead atoms. The van der Waals surface area contributed by atoms with Crippen LogP contribution in [0.4, 0.5) is 0 Å². The normalized spacial score (nSPS) is 47.9. The number of hydrogen-bond donors (Lipinski definition) is 1. The van der Waals surface area contributed by atoms with Gasteiger partial charge in [0.25, 0.3) is 0 Å². The molecule has 1 aromatic rings. The molecule has 1 N–H and O–H groups in total. The maximum Gasteiger partial charge on any atom is 0.0933 e. The zero-order valence-corrected chi connectivity index (χ0v) is 19.0. The minimum absolute atomic E-state index is 0. The van der Waals surface area contributed by atoms with E-state index < -0.39 is 5.60 Å². The second-order valence-corrected chi connectivity index (χ2v) is 10.4. The largest absolute Gasteiger partial charge is 0.397 e. The fraction of sp³-hybridized carbons (Fsp3) is 0.818. The molecule has 4 aliphatic rings. The SMILES string of the molecule is CC12Cc3cn([C-]=O)nc3CC1CCC1C2CCC2(C)C1CC[C@]2(C)O.[Fm]. The van der Waals surface area contributed by atoms with Crippen molar-refractivity contribution in [2.24, 2.45) is 34.5 Å². The van der Waals surface area contributed by atoms with Gasteiger partial charge in [-0.1, -0.05) is 19.4 Å². The molecule has 3 saturated carbocycles. The second-order valence-electron chi connectivity index (χ2n) is 10.4. The summed E-state index contributed by atoms with van der Waals surface area (Å²) in [7, 11) is 0. The number of rotatable bonds is 1. The van der Waals surface area contributed by atoms with E-state index >= 15 is 0 Å². The molecule has 1 heterocycles. The van der Waals surface area contributed by atoms with Crippen LogP contribution in [0, 0.1) is 34.5 Å². The first-order chi connectivity index (χ1) is 12.3. The molecule has 3 fully saturated rings. The van der Waals surface area contributed by atoms with E-state index in [0.717, 1.165) is 43.2 Å². The molecule has 0 saturated heterocycles. The number of hydrogen-bond acceptors (Lipinski definition) is 3. The molecule has 1 aromatic heterocycles. The zero-order chi connectivity index (χ0) is 18.3. The van der Waals surface area contributed by atoms with Crippen molar-refractivity contribution in [1.82, 2.24) is 9.78 Å². The molecule has 0 radical (unpaired) electrons. The van der Waals surface area contributed by atoms with Gasteiger partial charge in [-0.05, 0) is 92.8 Å². The van der Waals surface area contributed by atoms with E-state index in [0.29, 0.717) is 17.3 Å². The van der Waals surface area contributed by atoms with Crippen LogP contribution in [-0.4, -0.2) is 26.9 Å². The third-order valence-electron chi connectivity index (χ3n) is 9.61. The van der Waals surface area contributed by atoms with E-state index in [-0.39, 0.29) is 5.41 Å². The van der Waals surface area contributed by atoms with Gasteiger partial charge in [0, 0.05) is 5.69 Å². The minimum Gasteiger partial charge on any atom is -0.397 e. The van der Waals surface area contributed by atoms with Gasteiger partial charge in [-0.15, -0.1) is 6.20 Å². The van der Waals surface area contributed by atoms with Crippen LogP contribution < -0.4 is 0 Å². The third kappa shape index (κ3) is 2.14. The average Bonchev–Trinajstić information content (AvgIpc) is 3.09. The van der Waals surface area contributed by atoms with Crippen molar-refractivity contribution < 1.29 is 9.90 Å². The summed E-state index contributed by atoms with van der Waals surface area (Å²) in [6, 6.07) is 0. The molecule has 4 aliphatic carbocycles. The minimum atomic E-state index is -0.499. The van der Waals surface area contributed by atoms with Gasteiger partial charge < -0.3 is 14.6 Å². The first-order valence-electron chi connectivity index (χ1n) is 10.5. The predicted molar refractivity (Wildman–Crippen MR) is 99.2 cm³/mol. The van der Waals surface area contributed by atoms with Gasteiger partial charge in [0.1, 0.15) is 0 Å². The van der Waals surface area contributed by atoms with Gasteiger partial charge >= 0.3 is 0 Å². The molecule has 5 rings (SSSR count). The van der Waals surface area contributed by atoms with Crippen LogP contribution in [0.25, 0.3) is 0 Å². The maximum atomic E-state index is 11.0. The van der Waals surface area contributed by atoms with E-state index in [1.807, 2.05) is 12.6 Å². The molecule has 6 unspecified atom stereocenters. The van der Waals surface area contributed by atoms with E-state index in [4.69, 9.17) is 0 Å². The van der Waals surface area contributed by atoms with Crippen molar-refractivity contribution in [2.75, 3.05) is 0 Å². The number of aliphatic hydroxyl groups is 1. The number of carbonyl (C=O) groups excluding carboxylic acids is 1. The van der Waals surface area contributed by atoms with Gasteiger partial charge in [0.05, 0.1) is 12.0 Å². The van der Waals surface area contributed by atoms with Crippen molar-refractivity contribution in [3.8, 4) is 0 Å². The van der Waals surface area contributed by atoms with Gasteiger partial charge in [0.2, 0.25) is 0 Å². The molecule has 27 heavy (non-hydrogen) atoms. The summed E-state index contributed by atoms with van der Waals surface area (Å²) >= 11 is 0. The topological polar surface area (TPSA) is 55.1 Å². The summed E-state index contributed by atoms with van der Waals surface area (Å²) in [5, 5.41) is 15.5. The van der Waals surface area contributed by atoms with Crippen LogP contribution >= 0.6 is 0 Å². The fourth-order valence-electron chi connectivity index (χ4n) is 7.84. The fourth-order valence-corrected chi connectivity index (χ4v) is 7.84. The average molecular weight is 613 g/mol. The van der Waals surface area contributed by atoms with E-state index in [1.165, 1.54) is 35.9 Å². The molecule has 7 atom stereocenters. The Hall–Kier alpha value is -2.16. The van der Waals surface area contributed by atoms with Crippen LogP contribution in [0.2, 0.25) is 0 Å². The van der Waals surface area contributed by atoms with Crippen molar-refractivity contribution >= 4 is 6.41 Å². The summed E-state index contributed by atoms with van der Waals surface area (Å²) in [6.07, 6.45) is 13.0. The van der Waals surface area contributed by atoms with Gasteiger partial charge in [-0.25, -0.2) is 5.10 Å². The molecule has 4 nitrogen and oxygen atoms in total. The first-order valence-corrected chi connectivity index (χ1v) is 10.5. The maximum absolute atomic E-state index is 11.0. The van der Waals surface area contributed by atoms with Crippen LogP contribution in [-0.2, 0) is 17.6 Å². The van der Waals surface area contributed by atoms with E-state index in [1.54, 1.807) is 0 Å². The van der Waals surface area contributed by atoms with Gasteiger partial charge in [-0.3, -0.25) is 0 Å². The molecule has 5 heteroatoms. The summed E-state index contributed by atoms with van der Waals surface area (Å²) in [4.78, 5) is 11.0. The standard InChI is InChI=1S/C22H31N2O2.Fm/c1-20-11-14-12-24(13-25)23-19(14)10-15(20)4-5-16-17(20)6-8-21(2)18(16)7-9-22(21,3)26;/h12,15-18,26H,4-11H2,1-3H3;/q-1;/t15?,16?,17?,18?,20?,21?,22-;/m0./s1. The Morgan fingerprint density at radius 1 is 1.15 bits per heavy atom. The smallest absolute Gasteiger partial charge is 0.0933 e. The Bertz CT molecular complexity index is 759. The second kappa shape index (κ2) is 5.43. The molecule has 0 amide bonds. The monoisotopic (exact) mass is 612 g/mol. The molecular weight excluding hydrogens is 581 g/mol. The summed E-state index contributed by atoms with van der Waals surface area (Å²) < 4.78 is 1.34. The van der Waals surface area contributed by atoms with Crippen molar-refractivity contribution in [3.63, 3.8) is 0 Å². The van der Waals surface area contributed by atoms with E-state index in [9.17, 15) is 9.90 Å². The van der Waals surface area contributed by atoms with Crippen LogP contribution in [0.1, 0.15) is 70.6 Å². The molecule has 0 aromatic carbocycles. The Labute approximate surface area is 156 Å². The number of aromatic nitrogens is 2. The Morgan fingerprint density at radius 3 is 2.63 bits per heavy atom. The third-order valence-corrected chi connectivity index (χ3v) is 9.61. The zero-order valence-electron chi connectivity index (χ0n) is 16.6.